The van der Waals surface area contributed by atoms with E-state index >= 15 is 0 Å². The molecular formula is C24H36O4. The van der Waals surface area contributed by atoms with Gasteiger partial charge in [0.1, 0.15) is 17.1 Å². The first-order valence-corrected chi connectivity index (χ1v) is 10.7. The molecule has 1 aromatic carbocycles. The van der Waals surface area contributed by atoms with E-state index in [1.54, 1.807) is 7.11 Å². The Morgan fingerprint density at radius 1 is 1.00 bits per heavy atom. The van der Waals surface area contributed by atoms with Crippen LogP contribution in [0.2, 0.25) is 0 Å². The molecule has 2 rings (SSSR count). The number of hydrogen-bond donors (Lipinski definition) is 0. The highest BCUT2D eigenvalue weighted by molar-refractivity contribution is 5.84. The number of carbonyl (C=O) groups excluding carboxylic acids is 2. The molecule has 0 aliphatic heterocycles. The molecule has 4 heteroatoms. The van der Waals surface area contributed by atoms with E-state index in [-0.39, 0.29) is 29.5 Å². The van der Waals surface area contributed by atoms with Crippen molar-refractivity contribution in [2.24, 2.45) is 11.8 Å². The van der Waals surface area contributed by atoms with Crippen LogP contribution in [0, 0.1) is 11.8 Å². The largest absolute Gasteiger partial charge is 0.497 e. The van der Waals surface area contributed by atoms with E-state index in [4.69, 9.17) is 9.47 Å². The maximum absolute atomic E-state index is 12.7. The second-order valence-corrected chi connectivity index (χ2v) is 8.93. The smallest absolute Gasteiger partial charge is 0.310 e. The Labute approximate surface area is 170 Å². The van der Waals surface area contributed by atoms with Crippen molar-refractivity contribution >= 4 is 11.8 Å². The number of ketones is 1. The van der Waals surface area contributed by atoms with Gasteiger partial charge in [-0.1, -0.05) is 44.7 Å². The second-order valence-electron chi connectivity index (χ2n) is 8.93. The molecule has 1 aliphatic carbocycles. The van der Waals surface area contributed by atoms with Gasteiger partial charge in [-0.25, -0.2) is 0 Å². The maximum atomic E-state index is 12.7. The summed E-state index contributed by atoms with van der Waals surface area (Å²) in [6.45, 7) is 7.83. The van der Waals surface area contributed by atoms with E-state index in [2.05, 4.69) is 6.92 Å². The molecule has 28 heavy (non-hydrogen) atoms. The molecule has 1 aliphatic rings. The van der Waals surface area contributed by atoms with Crippen LogP contribution >= 0.6 is 0 Å². The molecule has 0 heterocycles. The van der Waals surface area contributed by atoms with Crippen LogP contribution in [0.5, 0.6) is 5.75 Å². The van der Waals surface area contributed by atoms with Crippen LogP contribution < -0.4 is 4.74 Å². The standard InChI is InChI=1S/C24H36O4/c1-6-7-8-9-10-11-18(25)16-20-21(17-12-14-19(27-5)15-13-17)22(20)23(26)28-24(2,3)4/h12-15,20-22H,6-11,16H2,1-5H3/t20-,21-,22+/m1/s1. The van der Waals surface area contributed by atoms with Gasteiger partial charge in [0.05, 0.1) is 13.0 Å². The van der Waals surface area contributed by atoms with Crippen molar-refractivity contribution in [3.8, 4) is 5.75 Å². The van der Waals surface area contributed by atoms with Crippen LogP contribution in [0.3, 0.4) is 0 Å². The fourth-order valence-corrected chi connectivity index (χ4v) is 3.89. The number of methoxy groups -OCH3 is 1. The molecule has 0 amide bonds. The van der Waals surface area contributed by atoms with Crippen LogP contribution in [-0.2, 0) is 14.3 Å². The van der Waals surface area contributed by atoms with Crippen molar-refractivity contribution in [2.75, 3.05) is 7.11 Å². The number of rotatable bonds is 11. The SMILES string of the molecule is CCCCCCCC(=O)C[C@H]1[C@H](C(=O)OC(C)(C)C)[C@@H]1c1ccc(OC)cc1. The predicted octanol–water partition coefficient (Wildman–Crippen LogP) is 5.69. The van der Waals surface area contributed by atoms with E-state index < -0.39 is 5.60 Å². The zero-order valence-corrected chi connectivity index (χ0v) is 18.1. The van der Waals surface area contributed by atoms with Crippen molar-refractivity contribution in [3.63, 3.8) is 0 Å². The summed E-state index contributed by atoms with van der Waals surface area (Å²) in [5.74, 6) is 0.755. The lowest BCUT2D eigenvalue weighted by molar-refractivity contribution is -0.157. The summed E-state index contributed by atoms with van der Waals surface area (Å²) in [6, 6.07) is 7.81. The Morgan fingerprint density at radius 3 is 2.21 bits per heavy atom. The van der Waals surface area contributed by atoms with E-state index in [0.29, 0.717) is 12.8 Å². The molecular weight excluding hydrogens is 352 g/mol. The minimum absolute atomic E-state index is 0.0476. The molecule has 0 N–H and O–H groups in total. The maximum Gasteiger partial charge on any atom is 0.310 e. The van der Waals surface area contributed by atoms with E-state index in [9.17, 15) is 9.59 Å². The highest BCUT2D eigenvalue weighted by Gasteiger charge is 2.57. The number of benzene rings is 1. The van der Waals surface area contributed by atoms with Crippen molar-refractivity contribution < 1.29 is 19.1 Å². The van der Waals surface area contributed by atoms with Gasteiger partial charge in [0.15, 0.2) is 0 Å². The van der Waals surface area contributed by atoms with Crippen LogP contribution in [0.1, 0.15) is 84.1 Å². The van der Waals surface area contributed by atoms with Gasteiger partial charge in [-0.2, -0.15) is 0 Å². The molecule has 1 saturated carbocycles. The molecule has 4 nitrogen and oxygen atoms in total. The molecule has 0 bridgehead atoms. The highest BCUT2D eigenvalue weighted by atomic mass is 16.6. The first-order chi connectivity index (χ1) is 13.3. The first-order valence-electron chi connectivity index (χ1n) is 10.7. The minimum Gasteiger partial charge on any atom is -0.497 e. The predicted molar refractivity (Wildman–Crippen MR) is 112 cm³/mol. The van der Waals surface area contributed by atoms with Crippen LogP contribution in [0.4, 0.5) is 0 Å². The summed E-state index contributed by atoms with van der Waals surface area (Å²) >= 11 is 0. The van der Waals surface area contributed by atoms with Gasteiger partial charge in [-0.05, 0) is 50.8 Å². The van der Waals surface area contributed by atoms with Gasteiger partial charge in [-0.3, -0.25) is 9.59 Å². The van der Waals surface area contributed by atoms with Crippen molar-refractivity contribution in [1.29, 1.82) is 0 Å². The fraction of sp³-hybridized carbons (Fsp3) is 0.667. The summed E-state index contributed by atoms with van der Waals surface area (Å²) in [4.78, 5) is 25.2. The summed E-state index contributed by atoms with van der Waals surface area (Å²) in [5.41, 5.74) is 0.565. The lowest BCUT2D eigenvalue weighted by Gasteiger charge is -2.19. The summed E-state index contributed by atoms with van der Waals surface area (Å²) in [6.07, 6.45) is 6.79. The Bertz CT molecular complexity index is 642. The quantitative estimate of drug-likeness (QED) is 0.361. The third-order valence-corrected chi connectivity index (χ3v) is 5.37. The lowest BCUT2D eigenvalue weighted by Crippen LogP contribution is -2.25. The Kier molecular flexibility index (Phi) is 8.09. The minimum atomic E-state index is -0.516. The Balaban J connectivity index is 1.99. The van der Waals surface area contributed by atoms with Gasteiger partial charge < -0.3 is 9.47 Å². The van der Waals surface area contributed by atoms with Gasteiger partial charge in [0.2, 0.25) is 0 Å². The second kappa shape index (κ2) is 10.1. The zero-order chi connectivity index (χ0) is 20.7. The zero-order valence-electron chi connectivity index (χ0n) is 18.1. The first kappa shape index (κ1) is 22.4. The van der Waals surface area contributed by atoms with Crippen LogP contribution in [-0.4, -0.2) is 24.5 Å². The number of ether oxygens (including phenoxy) is 2. The molecule has 1 fully saturated rings. The average molecular weight is 389 g/mol. The van der Waals surface area contributed by atoms with E-state index in [1.165, 1.54) is 19.3 Å². The molecule has 0 aromatic heterocycles. The average Bonchev–Trinajstić information content (AvgIpc) is 3.34. The number of carbonyl (C=O) groups is 2. The molecule has 0 saturated heterocycles. The molecule has 0 spiro atoms. The van der Waals surface area contributed by atoms with Crippen molar-refractivity contribution in [2.45, 2.75) is 84.2 Å². The summed E-state index contributed by atoms with van der Waals surface area (Å²) in [5, 5.41) is 0. The van der Waals surface area contributed by atoms with Gasteiger partial charge in [0.25, 0.3) is 0 Å². The monoisotopic (exact) mass is 388 g/mol. The number of hydrogen-bond acceptors (Lipinski definition) is 4. The molecule has 1 aromatic rings. The summed E-state index contributed by atoms with van der Waals surface area (Å²) < 4.78 is 10.8. The number of Topliss-reactive ketones (excluding diaryl/α,β-unsaturated/α-hetero) is 1. The fourth-order valence-electron chi connectivity index (χ4n) is 3.89. The number of unbranched alkanes of at least 4 members (excludes halogenated alkanes) is 4. The third kappa shape index (κ3) is 6.65. The van der Waals surface area contributed by atoms with E-state index in [0.717, 1.165) is 24.2 Å². The molecule has 0 unspecified atom stereocenters. The lowest BCUT2D eigenvalue weighted by atomic mass is 10.0. The summed E-state index contributed by atoms with van der Waals surface area (Å²) in [7, 11) is 1.64. The van der Waals surface area contributed by atoms with Crippen LogP contribution in [0.25, 0.3) is 0 Å². The van der Waals surface area contributed by atoms with Crippen LogP contribution in [0.15, 0.2) is 24.3 Å². The Hall–Kier alpha value is -1.84. The molecule has 156 valence electrons. The Morgan fingerprint density at radius 2 is 1.64 bits per heavy atom. The number of esters is 1. The van der Waals surface area contributed by atoms with E-state index in [1.807, 2.05) is 45.0 Å². The topological polar surface area (TPSA) is 52.6 Å². The highest BCUT2D eigenvalue weighted by Crippen LogP contribution is 2.57. The molecule has 3 atom stereocenters. The third-order valence-electron chi connectivity index (χ3n) is 5.37. The van der Waals surface area contributed by atoms with Crippen molar-refractivity contribution in [1.82, 2.24) is 0 Å². The molecule has 0 radical (unpaired) electrons. The normalized spacial score (nSPS) is 21.2. The van der Waals surface area contributed by atoms with Crippen molar-refractivity contribution in [3.05, 3.63) is 29.8 Å². The van der Waals surface area contributed by atoms with Gasteiger partial charge in [-0.15, -0.1) is 0 Å². The van der Waals surface area contributed by atoms with Gasteiger partial charge >= 0.3 is 5.97 Å². The van der Waals surface area contributed by atoms with Gasteiger partial charge in [0, 0.05) is 18.8 Å².